The van der Waals surface area contributed by atoms with Crippen LogP contribution in [0.1, 0.15) is 44.2 Å². The summed E-state index contributed by atoms with van der Waals surface area (Å²) in [6.45, 7) is 6.15. The maximum Gasteiger partial charge on any atom is 0.232 e. The highest BCUT2D eigenvalue weighted by atomic mass is 35.5. The predicted octanol–water partition coefficient (Wildman–Crippen LogP) is 6.36. The molecule has 0 bridgehead atoms. The molecule has 30 heavy (non-hydrogen) atoms. The smallest absolute Gasteiger partial charge is 0.232 e. The third kappa shape index (κ3) is 3.99. The zero-order valence-corrected chi connectivity index (χ0v) is 18.4. The minimum absolute atomic E-state index is 0.00679. The topological polar surface area (TPSA) is 37.4 Å². The van der Waals surface area contributed by atoms with Gasteiger partial charge in [-0.3, -0.25) is 14.5 Å². The molecule has 1 aliphatic carbocycles. The van der Waals surface area contributed by atoms with Gasteiger partial charge in [0, 0.05) is 35.1 Å². The number of ketones is 1. The summed E-state index contributed by atoms with van der Waals surface area (Å²) in [4.78, 5) is 28.4. The van der Waals surface area contributed by atoms with Crippen molar-refractivity contribution in [2.75, 3.05) is 4.90 Å². The number of amides is 1. The summed E-state index contributed by atoms with van der Waals surface area (Å²) in [5, 5.41) is 0.582. The fourth-order valence-corrected chi connectivity index (χ4v) is 4.68. The number of Topliss-reactive ketones (excluding diaryl/α,β-unsaturated/α-hetero) is 1. The van der Waals surface area contributed by atoms with Crippen LogP contribution < -0.4 is 4.90 Å². The first kappa shape index (κ1) is 20.6. The van der Waals surface area contributed by atoms with E-state index in [9.17, 15) is 9.59 Å². The molecule has 2 aromatic rings. The normalized spacial score (nSPS) is 21.3. The van der Waals surface area contributed by atoms with E-state index in [0.29, 0.717) is 17.9 Å². The largest absolute Gasteiger partial charge is 0.294 e. The zero-order chi connectivity index (χ0) is 21.5. The van der Waals surface area contributed by atoms with E-state index in [-0.39, 0.29) is 29.4 Å². The summed E-state index contributed by atoms with van der Waals surface area (Å²) in [5.74, 6) is -0.0551. The van der Waals surface area contributed by atoms with Crippen LogP contribution in [-0.2, 0) is 9.59 Å². The first-order valence-electron chi connectivity index (χ1n) is 10.3. The van der Waals surface area contributed by atoms with Crippen LogP contribution >= 0.6 is 11.6 Å². The molecule has 1 heterocycles. The van der Waals surface area contributed by atoms with Gasteiger partial charge in [0.1, 0.15) is 0 Å². The Bertz CT molecular complexity index is 1070. The summed E-state index contributed by atoms with van der Waals surface area (Å²) < 4.78 is 0. The molecule has 2 aromatic carbocycles. The minimum Gasteiger partial charge on any atom is -0.294 e. The van der Waals surface area contributed by atoms with Crippen LogP contribution in [0.25, 0.3) is 6.08 Å². The van der Waals surface area contributed by atoms with Crippen molar-refractivity contribution in [3.05, 3.63) is 82.0 Å². The van der Waals surface area contributed by atoms with Crippen LogP contribution in [0.5, 0.6) is 0 Å². The molecule has 1 amide bonds. The minimum atomic E-state index is -0.202. The second-order valence-electron chi connectivity index (χ2n) is 9.04. The van der Waals surface area contributed by atoms with Gasteiger partial charge in [-0.15, -0.1) is 0 Å². The van der Waals surface area contributed by atoms with Gasteiger partial charge in [-0.25, -0.2) is 0 Å². The van der Waals surface area contributed by atoms with Crippen molar-refractivity contribution in [3.8, 4) is 0 Å². The molecule has 0 aromatic heterocycles. The van der Waals surface area contributed by atoms with Crippen molar-refractivity contribution in [2.45, 2.75) is 40.0 Å². The Morgan fingerprint density at radius 2 is 1.80 bits per heavy atom. The van der Waals surface area contributed by atoms with Crippen molar-refractivity contribution in [1.29, 1.82) is 0 Å². The summed E-state index contributed by atoms with van der Waals surface area (Å²) in [5.41, 5.74) is 4.22. The van der Waals surface area contributed by atoms with Gasteiger partial charge in [0.25, 0.3) is 0 Å². The molecule has 0 radical (unpaired) electrons. The Kier molecular flexibility index (Phi) is 5.42. The van der Waals surface area contributed by atoms with E-state index < -0.39 is 0 Å². The van der Waals surface area contributed by atoms with Crippen LogP contribution in [-0.4, -0.2) is 11.7 Å². The number of carbonyl (C=O) groups excluding carboxylic acids is 2. The molecule has 0 fully saturated rings. The Morgan fingerprint density at radius 3 is 2.53 bits per heavy atom. The van der Waals surface area contributed by atoms with E-state index in [4.69, 9.17) is 11.6 Å². The van der Waals surface area contributed by atoms with Crippen LogP contribution in [0.4, 0.5) is 5.69 Å². The van der Waals surface area contributed by atoms with E-state index in [1.165, 1.54) is 0 Å². The molecule has 154 valence electrons. The molecular formula is C26H26ClNO2. The highest BCUT2D eigenvalue weighted by Crippen LogP contribution is 2.46. The first-order chi connectivity index (χ1) is 14.2. The van der Waals surface area contributed by atoms with Crippen LogP contribution in [0.2, 0.25) is 5.02 Å². The van der Waals surface area contributed by atoms with Gasteiger partial charge in [-0.1, -0.05) is 74.0 Å². The molecule has 2 aliphatic rings. The van der Waals surface area contributed by atoms with E-state index in [1.807, 2.05) is 67.6 Å². The predicted molar refractivity (Wildman–Crippen MR) is 122 cm³/mol. The van der Waals surface area contributed by atoms with E-state index in [1.54, 1.807) is 4.90 Å². The molecule has 0 spiro atoms. The maximum absolute atomic E-state index is 13.4. The summed E-state index contributed by atoms with van der Waals surface area (Å²) in [6.07, 6.45) is 5.48. The van der Waals surface area contributed by atoms with Crippen molar-refractivity contribution in [2.24, 2.45) is 11.3 Å². The second-order valence-corrected chi connectivity index (χ2v) is 9.48. The number of anilines is 1. The molecule has 0 saturated carbocycles. The molecular weight excluding hydrogens is 394 g/mol. The van der Waals surface area contributed by atoms with Gasteiger partial charge in [0.15, 0.2) is 5.78 Å². The second kappa shape index (κ2) is 7.88. The molecule has 0 saturated heterocycles. The fraction of sp³-hybridized carbons (Fsp3) is 0.308. The number of benzene rings is 2. The fourth-order valence-electron chi connectivity index (χ4n) is 4.51. The molecule has 1 unspecified atom stereocenters. The van der Waals surface area contributed by atoms with Crippen LogP contribution in [0.15, 0.2) is 65.9 Å². The van der Waals surface area contributed by atoms with E-state index in [2.05, 4.69) is 13.8 Å². The number of hydrogen-bond donors (Lipinski definition) is 0. The Balaban J connectivity index is 1.83. The van der Waals surface area contributed by atoms with E-state index >= 15 is 0 Å². The lowest BCUT2D eigenvalue weighted by molar-refractivity contribution is -0.121. The highest BCUT2D eigenvalue weighted by molar-refractivity contribution is 6.31. The molecule has 1 aliphatic heterocycles. The number of rotatable bonds is 3. The average molecular weight is 420 g/mol. The lowest BCUT2D eigenvalue weighted by Gasteiger charge is -2.42. The molecule has 4 rings (SSSR count). The Hall–Kier alpha value is -2.65. The maximum atomic E-state index is 13.4. The Morgan fingerprint density at radius 1 is 1.07 bits per heavy atom. The lowest BCUT2D eigenvalue weighted by atomic mass is 9.70. The third-order valence-electron chi connectivity index (χ3n) is 5.91. The quantitative estimate of drug-likeness (QED) is 0.580. The highest BCUT2D eigenvalue weighted by Gasteiger charge is 2.43. The first-order valence-corrected chi connectivity index (χ1v) is 10.7. The van der Waals surface area contributed by atoms with Gasteiger partial charge < -0.3 is 0 Å². The lowest BCUT2D eigenvalue weighted by Crippen LogP contribution is -2.44. The molecule has 0 N–H and O–H groups in total. The van der Waals surface area contributed by atoms with Crippen LogP contribution in [0, 0.1) is 18.3 Å². The zero-order valence-electron chi connectivity index (χ0n) is 17.6. The van der Waals surface area contributed by atoms with Gasteiger partial charge in [-0.05, 0) is 42.0 Å². The third-order valence-corrected chi connectivity index (χ3v) is 6.15. The molecule has 1 atom stereocenters. The van der Waals surface area contributed by atoms with Crippen molar-refractivity contribution < 1.29 is 9.59 Å². The van der Waals surface area contributed by atoms with Crippen molar-refractivity contribution in [3.63, 3.8) is 0 Å². The van der Waals surface area contributed by atoms with E-state index in [0.717, 1.165) is 28.1 Å². The average Bonchev–Trinajstić information content (AvgIpc) is 2.68. The number of hydrogen-bond acceptors (Lipinski definition) is 2. The number of aryl methyl sites for hydroxylation is 1. The standard InChI is InChI=1S/C26H26ClNO2/c1-17-9-12-20(27)14-21(17)28-22-15-26(2,3)16-23(29)25(22)19(13-24(28)30)11-10-18-7-5-4-6-8-18/h4-12,14,19H,13,15-16H2,1-3H3/b11-10+. The summed E-state index contributed by atoms with van der Waals surface area (Å²) in [7, 11) is 0. The van der Waals surface area contributed by atoms with Crippen molar-refractivity contribution >= 4 is 35.1 Å². The number of nitrogens with zero attached hydrogens (tertiary/aromatic N) is 1. The SMILES string of the molecule is Cc1ccc(Cl)cc1N1C(=O)CC(/C=C/c2ccccc2)C2=C1CC(C)(C)CC2=O. The van der Waals surface area contributed by atoms with Gasteiger partial charge >= 0.3 is 0 Å². The van der Waals surface area contributed by atoms with Gasteiger partial charge in [-0.2, -0.15) is 0 Å². The number of carbonyl (C=O) groups is 2. The number of halogens is 1. The Labute approximate surface area is 183 Å². The van der Waals surface area contributed by atoms with Gasteiger partial charge in [0.05, 0.1) is 5.69 Å². The molecule has 3 nitrogen and oxygen atoms in total. The molecule has 4 heteroatoms. The summed E-state index contributed by atoms with van der Waals surface area (Å²) >= 11 is 6.26. The van der Waals surface area contributed by atoms with Crippen LogP contribution in [0.3, 0.4) is 0 Å². The van der Waals surface area contributed by atoms with Gasteiger partial charge in [0.2, 0.25) is 5.91 Å². The number of allylic oxidation sites excluding steroid dienone is 3. The summed E-state index contributed by atoms with van der Waals surface area (Å²) in [6, 6.07) is 15.5. The van der Waals surface area contributed by atoms with Crippen molar-refractivity contribution in [1.82, 2.24) is 0 Å². The monoisotopic (exact) mass is 419 g/mol.